The zero-order valence-electron chi connectivity index (χ0n) is 32.5. The molecule has 4 rings (SSSR count). The molecule has 0 aromatic carbocycles. The molecule has 4 aliphatic heterocycles. The van der Waals surface area contributed by atoms with Gasteiger partial charge in [-0.1, -0.05) is 64.5 Å². The highest BCUT2D eigenvalue weighted by Crippen LogP contribution is 2.34. The molecule has 0 aliphatic carbocycles. The van der Waals surface area contributed by atoms with Crippen molar-refractivity contribution >= 4 is 23.6 Å². The van der Waals surface area contributed by atoms with Crippen molar-refractivity contribution < 1.29 is 79.0 Å². The maximum atomic E-state index is 13.1. The standard InChI is InChI=1S/C38H61N3O16/c1-4-11-18(2)12-9-7-5-6-8-10-13-24(45)40-27-31(50)28(47)22(54-38(27)57-37-26(39-19(3)43)30(49)29(48)23(17-42)55-37)16-21(44)35-33(52)32(51)34(56-35)20-14-15-25(46)41-36(20)53/h10,13-15,18,20-23,26-35,37-38,42,44,47-52H,4-9,11-12,16-17H2,1-3H3,(H,39,43)(H,40,45)(H,41,46,53)/b13-10+/t18?,20?,21-,22-,23-,26-,27-,28+,29-,30-,31-,32+,33?,34+,35-,37-,38?/m1/s1. The Labute approximate surface area is 331 Å². The zero-order valence-corrected chi connectivity index (χ0v) is 32.5. The van der Waals surface area contributed by atoms with Gasteiger partial charge in [-0.05, 0) is 24.8 Å². The highest BCUT2D eigenvalue weighted by Gasteiger charge is 2.54. The van der Waals surface area contributed by atoms with Crippen LogP contribution in [-0.2, 0) is 38.1 Å². The fraction of sp³-hybridized carbons (Fsp3) is 0.789. The average molecular weight is 816 g/mol. The van der Waals surface area contributed by atoms with Gasteiger partial charge in [-0.15, -0.1) is 0 Å². The summed E-state index contributed by atoms with van der Waals surface area (Å²) < 4.78 is 23.4. The minimum Gasteiger partial charge on any atom is -0.394 e. The molecule has 19 nitrogen and oxygen atoms in total. The van der Waals surface area contributed by atoms with E-state index >= 15 is 0 Å². The van der Waals surface area contributed by atoms with Crippen LogP contribution in [0.2, 0.25) is 0 Å². The van der Waals surface area contributed by atoms with E-state index in [2.05, 4.69) is 29.8 Å². The summed E-state index contributed by atoms with van der Waals surface area (Å²) in [7, 11) is 0. The van der Waals surface area contributed by atoms with Crippen LogP contribution < -0.4 is 16.0 Å². The van der Waals surface area contributed by atoms with E-state index in [-0.39, 0.29) is 0 Å². The van der Waals surface area contributed by atoms with Crippen LogP contribution in [-0.4, -0.2) is 163 Å². The van der Waals surface area contributed by atoms with Gasteiger partial charge in [-0.2, -0.15) is 0 Å². The summed E-state index contributed by atoms with van der Waals surface area (Å²) in [5.74, 6) is -3.31. The first-order valence-corrected chi connectivity index (χ1v) is 19.8. The molecule has 0 radical (unpaired) electrons. The molecule has 0 saturated carbocycles. The van der Waals surface area contributed by atoms with Gasteiger partial charge < -0.3 is 70.4 Å². The maximum absolute atomic E-state index is 13.1. The number of nitrogens with one attached hydrogen (secondary N) is 3. The van der Waals surface area contributed by atoms with E-state index in [1.165, 1.54) is 25.0 Å². The molecule has 4 heterocycles. The molecule has 324 valence electrons. The first-order valence-electron chi connectivity index (χ1n) is 19.8. The summed E-state index contributed by atoms with van der Waals surface area (Å²) in [6.45, 7) is 4.78. The average Bonchev–Trinajstić information content (AvgIpc) is 3.45. The van der Waals surface area contributed by atoms with E-state index in [1.807, 2.05) is 0 Å². The number of hydrogen-bond acceptors (Lipinski definition) is 16. The molecule has 0 aromatic rings. The van der Waals surface area contributed by atoms with Crippen molar-refractivity contribution in [3.8, 4) is 0 Å². The fourth-order valence-electron chi connectivity index (χ4n) is 7.77. The Kier molecular flexibility index (Phi) is 18.0. The van der Waals surface area contributed by atoms with Crippen molar-refractivity contribution in [2.24, 2.45) is 11.8 Å². The van der Waals surface area contributed by atoms with Gasteiger partial charge in [0.05, 0.1) is 24.7 Å². The van der Waals surface area contributed by atoms with E-state index in [0.717, 1.165) is 45.1 Å². The number of aliphatic hydroxyl groups excluding tert-OH is 8. The minimum atomic E-state index is -1.85. The van der Waals surface area contributed by atoms with Crippen LogP contribution in [0.15, 0.2) is 24.3 Å². The summed E-state index contributed by atoms with van der Waals surface area (Å²) in [5.41, 5.74) is 0. The fourth-order valence-corrected chi connectivity index (χ4v) is 7.77. The van der Waals surface area contributed by atoms with Gasteiger partial charge in [-0.3, -0.25) is 24.5 Å². The van der Waals surface area contributed by atoms with Gasteiger partial charge in [0.15, 0.2) is 12.6 Å². The number of carbonyl (C=O) groups excluding carboxylic acids is 4. The van der Waals surface area contributed by atoms with Crippen LogP contribution >= 0.6 is 0 Å². The highest BCUT2D eigenvalue weighted by molar-refractivity contribution is 6.05. The van der Waals surface area contributed by atoms with E-state index in [4.69, 9.17) is 18.9 Å². The topological polar surface area (TPSA) is 303 Å². The summed E-state index contributed by atoms with van der Waals surface area (Å²) in [6, 6.07) is -2.99. The zero-order chi connectivity index (χ0) is 42.0. The van der Waals surface area contributed by atoms with Crippen molar-refractivity contribution in [1.29, 1.82) is 0 Å². The Balaban J connectivity index is 1.47. The van der Waals surface area contributed by atoms with Crippen molar-refractivity contribution in [3.63, 3.8) is 0 Å². The van der Waals surface area contributed by atoms with Gasteiger partial charge in [0, 0.05) is 19.4 Å². The molecule has 57 heavy (non-hydrogen) atoms. The number of hydrogen-bond donors (Lipinski definition) is 11. The van der Waals surface area contributed by atoms with Crippen molar-refractivity contribution in [2.75, 3.05) is 6.61 Å². The molecule has 4 amide bonds. The number of unbranched alkanes of at least 4 members (excludes halogenated alkanes) is 4. The predicted molar refractivity (Wildman–Crippen MR) is 197 cm³/mol. The van der Waals surface area contributed by atoms with Crippen molar-refractivity contribution in [1.82, 2.24) is 16.0 Å². The lowest BCUT2D eigenvalue weighted by Gasteiger charge is -2.47. The number of aliphatic hydroxyl groups is 8. The molecule has 0 spiro atoms. The maximum Gasteiger partial charge on any atom is 0.250 e. The van der Waals surface area contributed by atoms with E-state index in [9.17, 15) is 60.0 Å². The van der Waals surface area contributed by atoms with E-state index < -0.39 is 134 Å². The van der Waals surface area contributed by atoms with Crippen LogP contribution in [0.5, 0.6) is 0 Å². The third kappa shape index (κ3) is 12.3. The Bertz CT molecular complexity index is 1400. The lowest BCUT2D eigenvalue weighted by molar-refractivity contribution is -0.346. The second-order valence-electron chi connectivity index (χ2n) is 15.5. The Morgan fingerprint density at radius 2 is 1.49 bits per heavy atom. The van der Waals surface area contributed by atoms with Crippen molar-refractivity contribution in [2.45, 2.75) is 170 Å². The molecule has 3 saturated heterocycles. The monoisotopic (exact) mass is 815 g/mol. The Morgan fingerprint density at radius 3 is 2.12 bits per heavy atom. The normalized spacial score (nSPS) is 38.2. The number of allylic oxidation sites excluding steroid dienone is 1. The van der Waals surface area contributed by atoms with Gasteiger partial charge in [-0.25, -0.2) is 0 Å². The summed E-state index contributed by atoms with van der Waals surface area (Å²) in [5, 5.41) is 93.5. The SMILES string of the molecule is CCCC(C)CCCCCC/C=C/C(=O)N[C@H]1C(O[C@H]2O[C@H](CO)[C@@H](O)[C@H](O)[C@H]2NC(C)=O)O[C@H](C[C@@H](O)[C@H]2O[C@@H](C3C=CC(=O)NC3=O)[C@@H](O)C2O)[C@H](O)[C@@H]1O. The molecule has 0 bridgehead atoms. The smallest absolute Gasteiger partial charge is 0.250 e. The predicted octanol–water partition coefficient (Wildman–Crippen LogP) is -2.72. The van der Waals surface area contributed by atoms with Gasteiger partial charge in [0.1, 0.15) is 67.0 Å². The van der Waals surface area contributed by atoms with E-state index in [1.54, 1.807) is 6.08 Å². The van der Waals surface area contributed by atoms with Crippen LogP contribution in [0.4, 0.5) is 0 Å². The number of carbonyl (C=O) groups is 4. The Hall–Kier alpha value is -2.92. The molecule has 11 N–H and O–H groups in total. The first-order chi connectivity index (χ1) is 27.1. The second kappa shape index (κ2) is 21.9. The number of imide groups is 1. The molecule has 0 aromatic heterocycles. The summed E-state index contributed by atoms with van der Waals surface area (Å²) >= 11 is 0. The number of rotatable bonds is 19. The molecule has 4 aliphatic rings. The Morgan fingerprint density at radius 1 is 0.860 bits per heavy atom. The molecule has 19 heteroatoms. The van der Waals surface area contributed by atoms with Crippen LogP contribution in [0.25, 0.3) is 0 Å². The van der Waals surface area contributed by atoms with Crippen molar-refractivity contribution in [3.05, 3.63) is 24.3 Å². The van der Waals surface area contributed by atoms with Crippen LogP contribution in [0, 0.1) is 11.8 Å². The highest BCUT2D eigenvalue weighted by atomic mass is 16.8. The van der Waals surface area contributed by atoms with Gasteiger partial charge in [0.25, 0.3) is 0 Å². The molecular formula is C38H61N3O16. The third-order valence-corrected chi connectivity index (χ3v) is 10.9. The summed E-state index contributed by atoms with van der Waals surface area (Å²) in [4.78, 5) is 49.2. The molecule has 17 atom stereocenters. The third-order valence-electron chi connectivity index (χ3n) is 10.9. The molecular weight excluding hydrogens is 754 g/mol. The summed E-state index contributed by atoms with van der Waals surface area (Å²) in [6.07, 6.45) is -8.66. The molecule has 3 fully saturated rings. The van der Waals surface area contributed by atoms with Crippen LogP contribution in [0.3, 0.4) is 0 Å². The largest absolute Gasteiger partial charge is 0.394 e. The lowest BCUT2D eigenvalue weighted by atomic mass is 9.90. The lowest BCUT2D eigenvalue weighted by Crippen LogP contribution is -2.68. The van der Waals surface area contributed by atoms with E-state index in [0.29, 0.717) is 12.3 Å². The second-order valence-corrected chi connectivity index (χ2v) is 15.5. The van der Waals surface area contributed by atoms with Crippen LogP contribution in [0.1, 0.15) is 78.6 Å². The number of ether oxygens (including phenoxy) is 4. The number of amides is 4. The van der Waals surface area contributed by atoms with Gasteiger partial charge in [0.2, 0.25) is 23.6 Å². The minimum absolute atomic E-state index is 0.580. The first kappa shape index (κ1) is 46.8. The molecule has 4 unspecified atom stereocenters. The van der Waals surface area contributed by atoms with Gasteiger partial charge >= 0.3 is 0 Å². The quantitative estimate of drug-likeness (QED) is 0.0359.